The van der Waals surface area contributed by atoms with E-state index in [0.29, 0.717) is 4.48 Å². The fourth-order valence-electron chi connectivity index (χ4n) is 1.08. The van der Waals surface area contributed by atoms with Crippen molar-refractivity contribution >= 4 is 5.69 Å². The highest BCUT2D eigenvalue weighted by molar-refractivity contribution is 5.56. The molecular formula is C9H14NO2+. The van der Waals surface area contributed by atoms with E-state index in [1.54, 1.807) is 12.1 Å². The lowest BCUT2D eigenvalue weighted by Crippen LogP contribution is -2.34. The van der Waals surface area contributed by atoms with E-state index < -0.39 is 0 Å². The molecule has 0 spiro atoms. The van der Waals surface area contributed by atoms with Crippen LogP contribution in [0.4, 0.5) is 5.69 Å². The first kappa shape index (κ1) is 8.87. The molecule has 3 nitrogen and oxygen atoms in total. The molecule has 0 saturated carbocycles. The minimum absolute atomic E-state index is 0.0877. The Balaban J connectivity index is 3.19. The van der Waals surface area contributed by atoms with Crippen LogP contribution in [0.15, 0.2) is 18.2 Å². The molecule has 66 valence electrons. The van der Waals surface area contributed by atoms with E-state index in [1.807, 2.05) is 21.1 Å². The largest absolute Gasteiger partial charge is 0.508 e. The molecule has 3 heteroatoms. The third kappa shape index (κ3) is 1.68. The van der Waals surface area contributed by atoms with Crippen molar-refractivity contribution in [2.45, 2.75) is 0 Å². The molecule has 0 unspecified atom stereocenters. The Morgan fingerprint density at radius 1 is 1.08 bits per heavy atom. The SMILES string of the molecule is C[N+](C)(C)c1ccc(O)cc1O. The minimum Gasteiger partial charge on any atom is -0.508 e. The van der Waals surface area contributed by atoms with Crippen LogP contribution in [-0.2, 0) is 0 Å². The van der Waals surface area contributed by atoms with Gasteiger partial charge >= 0.3 is 0 Å². The maximum atomic E-state index is 9.45. The summed E-state index contributed by atoms with van der Waals surface area (Å²) in [7, 11) is 5.85. The van der Waals surface area contributed by atoms with Crippen LogP contribution in [0.3, 0.4) is 0 Å². The molecule has 0 heterocycles. The molecule has 0 bridgehead atoms. The number of hydrogen-bond acceptors (Lipinski definition) is 2. The molecule has 0 saturated heterocycles. The predicted molar refractivity (Wildman–Crippen MR) is 49.3 cm³/mol. The van der Waals surface area contributed by atoms with Crippen LogP contribution < -0.4 is 4.48 Å². The molecule has 1 aromatic carbocycles. The Bertz CT molecular complexity index is 289. The molecule has 0 aliphatic carbocycles. The van der Waals surface area contributed by atoms with Crippen LogP contribution in [-0.4, -0.2) is 31.4 Å². The maximum absolute atomic E-state index is 9.45. The van der Waals surface area contributed by atoms with Crippen molar-refractivity contribution in [3.8, 4) is 11.5 Å². The summed E-state index contributed by atoms with van der Waals surface area (Å²) in [6.45, 7) is 0. The number of rotatable bonds is 1. The second kappa shape index (κ2) is 2.68. The van der Waals surface area contributed by atoms with Gasteiger partial charge in [0.25, 0.3) is 0 Å². The van der Waals surface area contributed by atoms with Crippen LogP contribution in [0, 0.1) is 0 Å². The number of benzene rings is 1. The van der Waals surface area contributed by atoms with E-state index in [-0.39, 0.29) is 11.5 Å². The zero-order chi connectivity index (χ0) is 9.35. The molecule has 0 aromatic heterocycles. The van der Waals surface area contributed by atoms with Gasteiger partial charge in [-0.05, 0) is 6.07 Å². The first-order valence-electron chi connectivity index (χ1n) is 3.75. The van der Waals surface area contributed by atoms with Crippen LogP contribution in [0.2, 0.25) is 0 Å². The molecule has 0 atom stereocenters. The average Bonchev–Trinajstić information content (AvgIpc) is 1.83. The number of nitrogens with zero attached hydrogens (tertiary/aromatic N) is 1. The number of hydrogen-bond donors (Lipinski definition) is 2. The van der Waals surface area contributed by atoms with Gasteiger partial charge < -0.3 is 10.2 Å². The molecule has 0 radical (unpaired) electrons. The van der Waals surface area contributed by atoms with E-state index in [9.17, 15) is 5.11 Å². The first-order valence-corrected chi connectivity index (χ1v) is 3.75. The second-order valence-corrected chi connectivity index (χ2v) is 3.69. The fraction of sp³-hybridized carbons (Fsp3) is 0.333. The van der Waals surface area contributed by atoms with Crippen molar-refractivity contribution in [3.05, 3.63) is 18.2 Å². The number of aromatic hydroxyl groups is 2. The smallest absolute Gasteiger partial charge is 0.180 e. The molecule has 2 N–H and O–H groups in total. The maximum Gasteiger partial charge on any atom is 0.180 e. The summed E-state index contributed by atoms with van der Waals surface area (Å²) in [6, 6.07) is 4.63. The Hall–Kier alpha value is -1.22. The molecule has 1 aromatic rings. The van der Waals surface area contributed by atoms with Crippen LogP contribution in [0.1, 0.15) is 0 Å². The van der Waals surface area contributed by atoms with Crippen molar-refractivity contribution in [3.63, 3.8) is 0 Å². The molecule has 0 fully saturated rings. The van der Waals surface area contributed by atoms with Gasteiger partial charge in [-0.1, -0.05) is 0 Å². The molecule has 0 aliphatic rings. The van der Waals surface area contributed by atoms with Crippen molar-refractivity contribution in [1.82, 2.24) is 4.48 Å². The van der Waals surface area contributed by atoms with Crippen LogP contribution >= 0.6 is 0 Å². The highest BCUT2D eigenvalue weighted by Crippen LogP contribution is 2.31. The molecule has 0 amide bonds. The summed E-state index contributed by atoms with van der Waals surface area (Å²) in [5.74, 6) is 0.215. The Labute approximate surface area is 72.1 Å². The summed E-state index contributed by atoms with van der Waals surface area (Å²) in [5, 5.41) is 18.5. The minimum atomic E-state index is 0.0877. The van der Waals surface area contributed by atoms with E-state index >= 15 is 0 Å². The van der Waals surface area contributed by atoms with Crippen molar-refractivity contribution in [1.29, 1.82) is 0 Å². The van der Waals surface area contributed by atoms with Gasteiger partial charge in [0.15, 0.2) is 11.4 Å². The van der Waals surface area contributed by atoms with Gasteiger partial charge in [-0.15, -0.1) is 0 Å². The average molecular weight is 168 g/mol. The van der Waals surface area contributed by atoms with Crippen molar-refractivity contribution in [2.24, 2.45) is 0 Å². The van der Waals surface area contributed by atoms with Gasteiger partial charge in [-0.3, -0.25) is 4.48 Å². The van der Waals surface area contributed by atoms with Crippen LogP contribution in [0.25, 0.3) is 0 Å². The van der Waals surface area contributed by atoms with E-state index in [1.165, 1.54) is 6.07 Å². The first-order chi connectivity index (χ1) is 5.41. The van der Waals surface area contributed by atoms with Gasteiger partial charge in [0, 0.05) is 12.1 Å². The lowest BCUT2D eigenvalue weighted by atomic mass is 10.2. The summed E-state index contributed by atoms with van der Waals surface area (Å²) in [6.07, 6.45) is 0. The van der Waals surface area contributed by atoms with Gasteiger partial charge in [-0.2, -0.15) is 0 Å². The molecule has 1 rings (SSSR count). The van der Waals surface area contributed by atoms with Gasteiger partial charge in [0.1, 0.15) is 5.75 Å². The summed E-state index contributed by atoms with van der Waals surface area (Å²) < 4.78 is 0.534. The number of phenolic OH excluding ortho intramolecular Hbond substituents is 2. The third-order valence-corrected chi connectivity index (χ3v) is 1.68. The van der Waals surface area contributed by atoms with Gasteiger partial charge in [-0.25, -0.2) is 0 Å². The van der Waals surface area contributed by atoms with Gasteiger partial charge in [0.05, 0.1) is 21.1 Å². The molecule has 12 heavy (non-hydrogen) atoms. The Morgan fingerprint density at radius 3 is 2.08 bits per heavy atom. The van der Waals surface area contributed by atoms with E-state index in [0.717, 1.165) is 5.69 Å². The third-order valence-electron chi connectivity index (χ3n) is 1.68. The normalized spacial score (nSPS) is 11.6. The monoisotopic (exact) mass is 168 g/mol. The van der Waals surface area contributed by atoms with Crippen LogP contribution in [0.5, 0.6) is 11.5 Å². The zero-order valence-corrected chi connectivity index (χ0v) is 7.57. The van der Waals surface area contributed by atoms with E-state index in [4.69, 9.17) is 5.11 Å². The lowest BCUT2D eigenvalue weighted by molar-refractivity contribution is 0.417. The second-order valence-electron chi connectivity index (χ2n) is 3.69. The molecular weight excluding hydrogens is 154 g/mol. The quantitative estimate of drug-likeness (QED) is 0.620. The van der Waals surface area contributed by atoms with Gasteiger partial charge in [0.2, 0.25) is 0 Å². The van der Waals surface area contributed by atoms with Crippen molar-refractivity contribution in [2.75, 3.05) is 21.1 Å². The standard InChI is InChI=1S/C9H13NO2/c1-10(2,3)8-5-4-7(11)6-9(8)12/h4-6H,1-3H3,(H-,11,12)/p+1. The summed E-state index contributed by atoms with van der Waals surface area (Å²) >= 11 is 0. The molecule has 0 aliphatic heterocycles. The fourth-order valence-corrected chi connectivity index (χ4v) is 1.08. The van der Waals surface area contributed by atoms with E-state index in [2.05, 4.69) is 0 Å². The highest BCUT2D eigenvalue weighted by Gasteiger charge is 2.16. The predicted octanol–water partition coefficient (Wildman–Crippen LogP) is 1.29. The Kier molecular flexibility index (Phi) is 1.98. The summed E-state index contributed by atoms with van der Waals surface area (Å²) in [5.41, 5.74) is 0.785. The summed E-state index contributed by atoms with van der Waals surface area (Å²) in [4.78, 5) is 0. The lowest BCUT2D eigenvalue weighted by Gasteiger charge is -2.23. The Morgan fingerprint density at radius 2 is 1.67 bits per heavy atom. The van der Waals surface area contributed by atoms with Crippen molar-refractivity contribution < 1.29 is 10.2 Å². The zero-order valence-electron chi connectivity index (χ0n) is 7.57. The topological polar surface area (TPSA) is 40.5 Å². The highest BCUT2D eigenvalue weighted by atomic mass is 16.3. The number of quaternary nitrogens is 1. The number of phenols is 2.